The number of amides is 1. The fraction of sp³-hybridized carbons (Fsp3) is 0.750. The molecule has 5 nitrogen and oxygen atoms in total. The molecule has 0 rings (SSSR count). The Labute approximate surface area is 128 Å². The third-order valence-corrected chi connectivity index (χ3v) is 2.28. The van der Waals surface area contributed by atoms with Gasteiger partial charge in [0.05, 0.1) is 0 Å². The second-order valence-corrected chi connectivity index (χ2v) is 6.95. The van der Waals surface area contributed by atoms with Crippen LogP contribution >= 0.6 is 0 Å². The highest BCUT2D eigenvalue weighted by molar-refractivity contribution is 5.81. The van der Waals surface area contributed by atoms with Crippen molar-refractivity contribution in [3.8, 4) is 0 Å². The van der Waals surface area contributed by atoms with Crippen LogP contribution in [0.25, 0.3) is 0 Å². The number of rotatable bonds is 6. The largest absolute Gasteiger partial charge is 0.458 e. The Morgan fingerprint density at radius 3 is 2.05 bits per heavy atom. The van der Waals surface area contributed by atoms with Gasteiger partial charge in [0.1, 0.15) is 17.2 Å². The molecule has 0 aromatic heterocycles. The van der Waals surface area contributed by atoms with Gasteiger partial charge in [0.25, 0.3) is 0 Å². The van der Waals surface area contributed by atoms with Crippen LogP contribution in [0, 0.1) is 0 Å². The van der Waals surface area contributed by atoms with Gasteiger partial charge in [0.15, 0.2) is 0 Å². The van der Waals surface area contributed by atoms with Crippen LogP contribution in [0.15, 0.2) is 12.7 Å². The maximum atomic E-state index is 12.1. The predicted molar refractivity (Wildman–Crippen MR) is 83.1 cm³/mol. The van der Waals surface area contributed by atoms with E-state index in [1.165, 1.54) is 0 Å². The Bertz CT molecular complexity index is 363. The molecule has 0 saturated heterocycles. The van der Waals surface area contributed by atoms with Gasteiger partial charge in [0.2, 0.25) is 0 Å². The van der Waals surface area contributed by atoms with E-state index in [1.54, 1.807) is 47.6 Å². The summed E-state index contributed by atoms with van der Waals surface area (Å²) >= 11 is 0. The molecule has 0 saturated carbocycles. The van der Waals surface area contributed by atoms with Gasteiger partial charge in [-0.1, -0.05) is 6.08 Å². The fourth-order valence-electron chi connectivity index (χ4n) is 1.54. The van der Waals surface area contributed by atoms with Gasteiger partial charge < -0.3 is 14.8 Å². The van der Waals surface area contributed by atoms with Gasteiger partial charge in [-0.15, -0.1) is 6.58 Å². The van der Waals surface area contributed by atoms with E-state index < -0.39 is 29.3 Å². The monoisotopic (exact) mass is 299 g/mol. The number of unbranched alkanes of at least 4 members (excludes halogenated alkanes) is 1. The molecule has 0 aliphatic heterocycles. The zero-order valence-electron chi connectivity index (χ0n) is 14.1. The summed E-state index contributed by atoms with van der Waals surface area (Å²) < 4.78 is 10.5. The topological polar surface area (TPSA) is 64.6 Å². The first kappa shape index (κ1) is 19.5. The molecule has 0 spiro atoms. The second-order valence-electron chi connectivity index (χ2n) is 6.95. The van der Waals surface area contributed by atoms with Gasteiger partial charge >= 0.3 is 12.1 Å². The summed E-state index contributed by atoms with van der Waals surface area (Å²) in [6.07, 6.45) is 3.16. The van der Waals surface area contributed by atoms with Crippen molar-refractivity contribution in [3.63, 3.8) is 0 Å². The number of nitrogens with one attached hydrogen (secondary N) is 1. The third kappa shape index (κ3) is 10.9. The molecule has 0 bridgehead atoms. The lowest BCUT2D eigenvalue weighted by atomic mass is 10.1. The second kappa shape index (κ2) is 8.05. The lowest BCUT2D eigenvalue weighted by Crippen LogP contribution is -2.46. The van der Waals surface area contributed by atoms with Gasteiger partial charge in [-0.05, 0) is 60.8 Å². The summed E-state index contributed by atoms with van der Waals surface area (Å²) in [5.74, 6) is -0.447. The Balaban J connectivity index is 4.69. The lowest BCUT2D eigenvalue weighted by molar-refractivity contribution is -0.157. The van der Waals surface area contributed by atoms with Crippen molar-refractivity contribution in [1.82, 2.24) is 5.32 Å². The molecule has 0 heterocycles. The van der Waals surface area contributed by atoms with Gasteiger partial charge in [-0.2, -0.15) is 0 Å². The van der Waals surface area contributed by atoms with Gasteiger partial charge in [0, 0.05) is 0 Å². The zero-order chi connectivity index (χ0) is 16.7. The average Bonchev–Trinajstić information content (AvgIpc) is 2.22. The quantitative estimate of drug-likeness (QED) is 0.462. The molecule has 1 atom stereocenters. The number of carbonyl (C=O) groups is 2. The van der Waals surface area contributed by atoms with E-state index in [0.717, 1.165) is 12.8 Å². The van der Waals surface area contributed by atoms with Crippen LogP contribution in [0.3, 0.4) is 0 Å². The molecule has 1 N–H and O–H groups in total. The van der Waals surface area contributed by atoms with Crippen molar-refractivity contribution in [1.29, 1.82) is 0 Å². The van der Waals surface area contributed by atoms with Gasteiger partial charge in [-0.3, -0.25) is 0 Å². The van der Waals surface area contributed by atoms with Crippen LogP contribution < -0.4 is 5.32 Å². The first-order chi connectivity index (χ1) is 9.44. The van der Waals surface area contributed by atoms with E-state index in [2.05, 4.69) is 11.9 Å². The van der Waals surface area contributed by atoms with Crippen LogP contribution in [0.5, 0.6) is 0 Å². The van der Waals surface area contributed by atoms with Crippen molar-refractivity contribution in [3.05, 3.63) is 12.7 Å². The zero-order valence-corrected chi connectivity index (χ0v) is 14.1. The molecule has 0 aliphatic rings. The van der Waals surface area contributed by atoms with Crippen molar-refractivity contribution in [2.45, 2.75) is 78.0 Å². The molecule has 1 amide bonds. The minimum atomic E-state index is -0.709. The van der Waals surface area contributed by atoms with Crippen LogP contribution in [0.2, 0.25) is 0 Å². The number of ether oxygens (including phenoxy) is 2. The lowest BCUT2D eigenvalue weighted by Gasteiger charge is -2.26. The van der Waals surface area contributed by atoms with E-state index in [9.17, 15) is 9.59 Å². The first-order valence-electron chi connectivity index (χ1n) is 7.28. The number of hydrogen-bond donors (Lipinski definition) is 1. The summed E-state index contributed by atoms with van der Waals surface area (Å²) in [4.78, 5) is 23.9. The van der Waals surface area contributed by atoms with Crippen molar-refractivity contribution >= 4 is 12.1 Å². The Morgan fingerprint density at radius 1 is 1.10 bits per heavy atom. The van der Waals surface area contributed by atoms with Crippen LogP contribution in [-0.2, 0) is 14.3 Å². The number of hydrogen-bond acceptors (Lipinski definition) is 4. The third-order valence-electron chi connectivity index (χ3n) is 2.28. The maximum absolute atomic E-state index is 12.1. The predicted octanol–water partition coefficient (Wildman–Crippen LogP) is 3.58. The number of allylic oxidation sites excluding steroid dienone is 1. The van der Waals surface area contributed by atoms with Crippen molar-refractivity contribution in [2.24, 2.45) is 0 Å². The number of carbonyl (C=O) groups excluding carboxylic acids is 2. The van der Waals surface area contributed by atoms with Crippen LogP contribution in [0.1, 0.15) is 60.8 Å². The molecule has 0 aromatic carbocycles. The highest BCUT2D eigenvalue weighted by Crippen LogP contribution is 2.13. The summed E-state index contributed by atoms with van der Waals surface area (Å²) in [5.41, 5.74) is -1.20. The molecule has 0 aliphatic carbocycles. The number of esters is 1. The molecule has 122 valence electrons. The van der Waals surface area contributed by atoms with Crippen molar-refractivity contribution < 1.29 is 19.1 Å². The fourth-order valence-corrected chi connectivity index (χ4v) is 1.54. The van der Waals surface area contributed by atoms with E-state index in [-0.39, 0.29) is 0 Å². The molecule has 0 fully saturated rings. The van der Waals surface area contributed by atoms with E-state index in [4.69, 9.17) is 9.47 Å². The molecule has 5 heteroatoms. The Morgan fingerprint density at radius 2 is 1.62 bits per heavy atom. The normalized spacial score (nSPS) is 13.2. The van der Waals surface area contributed by atoms with Gasteiger partial charge in [-0.25, -0.2) is 9.59 Å². The highest BCUT2D eigenvalue weighted by Gasteiger charge is 2.28. The Hall–Kier alpha value is -1.52. The van der Waals surface area contributed by atoms with E-state index >= 15 is 0 Å². The highest BCUT2D eigenvalue weighted by atomic mass is 16.6. The summed E-state index contributed by atoms with van der Waals surface area (Å²) in [6.45, 7) is 14.3. The van der Waals surface area contributed by atoms with Crippen LogP contribution in [-0.4, -0.2) is 29.3 Å². The minimum Gasteiger partial charge on any atom is -0.458 e. The van der Waals surface area contributed by atoms with Crippen molar-refractivity contribution in [2.75, 3.05) is 0 Å². The average molecular weight is 299 g/mol. The molecular weight excluding hydrogens is 270 g/mol. The first-order valence-corrected chi connectivity index (χ1v) is 7.28. The standard InChI is InChI=1S/C16H29NO4/c1-8-9-10-11-12(13(18)20-15(2,3)4)17-14(19)21-16(5,6)7/h8,12H,1,9-11H2,2-7H3,(H,17,19). The van der Waals surface area contributed by atoms with E-state index in [0.29, 0.717) is 6.42 Å². The minimum absolute atomic E-state index is 0.447. The molecule has 0 aromatic rings. The number of alkyl carbamates (subject to hydrolysis) is 1. The summed E-state index contributed by atoms with van der Waals surface area (Å²) in [5, 5.41) is 2.58. The molecule has 1 unspecified atom stereocenters. The molecule has 21 heavy (non-hydrogen) atoms. The SMILES string of the molecule is C=CCCCC(NC(=O)OC(C)(C)C)C(=O)OC(C)(C)C. The summed E-state index contributed by atoms with van der Waals surface area (Å²) in [6, 6.07) is -0.709. The summed E-state index contributed by atoms with van der Waals surface area (Å²) in [7, 11) is 0. The van der Waals surface area contributed by atoms with E-state index in [1.807, 2.05) is 0 Å². The Kier molecular flexibility index (Phi) is 7.47. The maximum Gasteiger partial charge on any atom is 0.408 e. The molecular formula is C16H29NO4. The van der Waals surface area contributed by atoms with Crippen LogP contribution in [0.4, 0.5) is 4.79 Å². The smallest absolute Gasteiger partial charge is 0.408 e. The molecule has 0 radical (unpaired) electrons.